The van der Waals surface area contributed by atoms with E-state index in [1.165, 1.54) is 10.3 Å². The molecular weight excluding hydrogens is 416 g/mol. The van der Waals surface area contributed by atoms with Crippen LogP contribution in [0.2, 0.25) is 0 Å². The van der Waals surface area contributed by atoms with E-state index < -0.39 is 0 Å². The Hall–Kier alpha value is -2.97. The summed E-state index contributed by atoms with van der Waals surface area (Å²) in [5.41, 5.74) is 3.59. The van der Waals surface area contributed by atoms with Crippen LogP contribution in [0, 0.1) is 5.92 Å². The first-order valence-electron chi connectivity index (χ1n) is 11.7. The van der Waals surface area contributed by atoms with Crippen LogP contribution in [0.4, 0.5) is 11.5 Å². The van der Waals surface area contributed by atoms with E-state index in [1.54, 1.807) is 13.4 Å². The third-order valence-electron chi connectivity index (χ3n) is 7.12. The number of aryl methyl sites for hydroxylation is 1. The van der Waals surface area contributed by atoms with Crippen molar-refractivity contribution in [3.63, 3.8) is 0 Å². The molecule has 2 aromatic heterocycles. The second kappa shape index (κ2) is 8.76. The Morgan fingerprint density at radius 1 is 1.03 bits per heavy atom. The quantitative estimate of drug-likeness (QED) is 0.654. The first kappa shape index (κ1) is 21.9. The molecule has 174 valence electrons. The van der Waals surface area contributed by atoms with Crippen LogP contribution in [0.5, 0.6) is 0 Å². The van der Waals surface area contributed by atoms with Crippen molar-refractivity contribution in [2.75, 3.05) is 56.1 Å². The first-order valence-corrected chi connectivity index (χ1v) is 11.7. The fraction of sp³-hybridized carbons (Fsp3) is 0.480. The monoisotopic (exact) mass is 448 g/mol. The molecule has 3 aromatic rings. The van der Waals surface area contributed by atoms with Gasteiger partial charge in [-0.3, -0.25) is 4.79 Å². The molecule has 2 saturated heterocycles. The molecule has 1 N–H and O–H groups in total. The van der Waals surface area contributed by atoms with Crippen molar-refractivity contribution in [3.05, 3.63) is 47.0 Å². The highest BCUT2D eigenvalue weighted by molar-refractivity contribution is 5.92. The van der Waals surface area contributed by atoms with Crippen molar-refractivity contribution < 1.29 is 5.11 Å². The number of fused-ring (bicyclic) bond motifs is 1. The number of pyridine rings is 1. The van der Waals surface area contributed by atoms with Gasteiger partial charge in [-0.15, -0.1) is 0 Å². The molecule has 2 aliphatic heterocycles. The molecule has 1 aromatic carbocycles. The Morgan fingerprint density at radius 2 is 1.76 bits per heavy atom. The van der Waals surface area contributed by atoms with Gasteiger partial charge in [0.05, 0.1) is 23.6 Å². The van der Waals surface area contributed by atoms with Crippen LogP contribution in [0.1, 0.15) is 13.3 Å². The van der Waals surface area contributed by atoms with E-state index in [0.717, 1.165) is 50.4 Å². The Balaban J connectivity index is 1.53. The predicted octanol–water partition coefficient (Wildman–Crippen LogP) is 1.95. The lowest BCUT2D eigenvalue weighted by molar-refractivity contribution is 0.136. The first-order chi connectivity index (χ1) is 15.9. The summed E-state index contributed by atoms with van der Waals surface area (Å²) in [4.78, 5) is 29.4. The van der Waals surface area contributed by atoms with Gasteiger partial charge in [0.1, 0.15) is 11.2 Å². The lowest BCUT2D eigenvalue weighted by Crippen LogP contribution is -2.44. The van der Waals surface area contributed by atoms with E-state index in [9.17, 15) is 9.90 Å². The van der Waals surface area contributed by atoms with E-state index in [0.29, 0.717) is 23.3 Å². The van der Waals surface area contributed by atoms with Crippen molar-refractivity contribution in [3.8, 4) is 11.3 Å². The zero-order chi connectivity index (χ0) is 23.1. The molecule has 0 aliphatic carbocycles. The summed E-state index contributed by atoms with van der Waals surface area (Å²) in [7, 11) is 3.88. The van der Waals surface area contributed by atoms with E-state index in [4.69, 9.17) is 4.98 Å². The molecule has 5 rings (SSSR count). The molecule has 4 heterocycles. The summed E-state index contributed by atoms with van der Waals surface area (Å²) in [6.45, 7) is 7.48. The number of aliphatic hydroxyl groups excluding tert-OH is 1. The number of anilines is 2. The van der Waals surface area contributed by atoms with Crippen LogP contribution in [0.25, 0.3) is 22.2 Å². The number of aromatic nitrogens is 3. The van der Waals surface area contributed by atoms with Gasteiger partial charge in [-0.25, -0.2) is 9.97 Å². The Morgan fingerprint density at radius 3 is 2.42 bits per heavy atom. The second-order valence-corrected chi connectivity index (χ2v) is 9.46. The number of aliphatic hydroxyl groups is 1. The van der Waals surface area contributed by atoms with Crippen LogP contribution in [0.15, 0.2) is 41.5 Å². The van der Waals surface area contributed by atoms with Crippen molar-refractivity contribution >= 4 is 22.4 Å². The highest BCUT2D eigenvalue weighted by Crippen LogP contribution is 2.32. The Kier molecular flexibility index (Phi) is 5.80. The zero-order valence-electron chi connectivity index (χ0n) is 19.6. The number of rotatable bonds is 4. The van der Waals surface area contributed by atoms with Gasteiger partial charge in [0.25, 0.3) is 5.56 Å². The smallest absolute Gasteiger partial charge is 0.264 e. The summed E-state index contributed by atoms with van der Waals surface area (Å²) >= 11 is 0. The zero-order valence-corrected chi connectivity index (χ0v) is 19.6. The van der Waals surface area contributed by atoms with E-state index in [1.807, 2.05) is 13.0 Å². The fourth-order valence-corrected chi connectivity index (χ4v) is 4.86. The number of likely N-dealkylation sites (N-methyl/N-ethyl adjacent to an activating group) is 1. The topological polar surface area (TPSA) is 77.7 Å². The molecule has 33 heavy (non-hydrogen) atoms. The van der Waals surface area contributed by atoms with Gasteiger partial charge in [-0.2, -0.15) is 0 Å². The third-order valence-corrected chi connectivity index (χ3v) is 7.12. The molecule has 0 unspecified atom stereocenters. The average Bonchev–Trinajstić information content (AvgIpc) is 3.32. The standard InChI is InChI=1S/C25H32N6O2/c1-17(32)19-8-9-31(15-19)24-23-22(26-16-29(3)25(23)33)14-21(27-24)18-4-6-20(7-5-18)30-12-10-28(2)11-13-30/h4-7,14,16-17,19,32H,8-13,15H2,1-3H3/t17-,19+/m1/s1. The normalized spacial score (nSPS) is 20.5. The molecule has 0 amide bonds. The van der Waals surface area contributed by atoms with E-state index in [-0.39, 0.29) is 17.6 Å². The van der Waals surface area contributed by atoms with Gasteiger partial charge in [0.2, 0.25) is 0 Å². The van der Waals surface area contributed by atoms with Crippen LogP contribution < -0.4 is 15.4 Å². The molecule has 0 spiro atoms. The van der Waals surface area contributed by atoms with Crippen molar-refractivity contribution in [2.24, 2.45) is 13.0 Å². The summed E-state index contributed by atoms with van der Waals surface area (Å²) in [6, 6.07) is 10.4. The minimum atomic E-state index is -0.382. The highest BCUT2D eigenvalue weighted by Gasteiger charge is 2.29. The summed E-state index contributed by atoms with van der Waals surface area (Å²) in [5.74, 6) is 0.844. The van der Waals surface area contributed by atoms with E-state index in [2.05, 4.69) is 51.0 Å². The fourth-order valence-electron chi connectivity index (χ4n) is 4.86. The Labute approximate surface area is 194 Å². The summed E-state index contributed by atoms with van der Waals surface area (Å²) in [6.07, 6.45) is 2.07. The maximum Gasteiger partial charge on any atom is 0.264 e. The largest absolute Gasteiger partial charge is 0.393 e. The summed E-state index contributed by atoms with van der Waals surface area (Å²) < 4.78 is 1.50. The molecule has 2 aliphatic rings. The van der Waals surface area contributed by atoms with Gasteiger partial charge in [-0.05, 0) is 38.6 Å². The number of hydrogen-bond donors (Lipinski definition) is 1. The van der Waals surface area contributed by atoms with Crippen LogP contribution in [-0.4, -0.2) is 77.0 Å². The van der Waals surface area contributed by atoms with Crippen LogP contribution in [0.3, 0.4) is 0 Å². The molecule has 0 bridgehead atoms. The molecule has 8 nitrogen and oxygen atoms in total. The second-order valence-electron chi connectivity index (χ2n) is 9.46. The van der Waals surface area contributed by atoms with Crippen molar-refractivity contribution in [2.45, 2.75) is 19.4 Å². The lowest BCUT2D eigenvalue weighted by Gasteiger charge is -2.34. The molecular formula is C25H32N6O2. The average molecular weight is 449 g/mol. The molecule has 0 radical (unpaired) electrons. The lowest BCUT2D eigenvalue weighted by atomic mass is 10.0. The predicted molar refractivity (Wildman–Crippen MR) is 132 cm³/mol. The van der Waals surface area contributed by atoms with Gasteiger partial charge in [-0.1, -0.05) is 12.1 Å². The Bertz CT molecular complexity index is 1200. The van der Waals surface area contributed by atoms with Crippen LogP contribution >= 0.6 is 0 Å². The minimum Gasteiger partial charge on any atom is -0.393 e. The maximum atomic E-state index is 13.0. The molecule has 2 fully saturated rings. The SMILES string of the molecule is C[C@@H](O)[C@H]1CCN(c2nc(-c3ccc(N4CCN(C)CC4)cc3)cc3ncn(C)c(=O)c23)C1. The highest BCUT2D eigenvalue weighted by atomic mass is 16.3. The minimum absolute atomic E-state index is 0.0973. The van der Waals surface area contributed by atoms with Crippen LogP contribution in [-0.2, 0) is 7.05 Å². The molecule has 8 heteroatoms. The third kappa shape index (κ3) is 4.20. The number of hydrogen-bond acceptors (Lipinski definition) is 7. The molecule has 2 atom stereocenters. The number of piperazine rings is 1. The van der Waals surface area contributed by atoms with E-state index >= 15 is 0 Å². The maximum absolute atomic E-state index is 13.0. The number of benzene rings is 1. The number of nitrogens with zero attached hydrogens (tertiary/aromatic N) is 6. The van der Waals surface area contributed by atoms with Gasteiger partial charge in [0, 0.05) is 63.5 Å². The van der Waals surface area contributed by atoms with Gasteiger partial charge < -0.3 is 24.4 Å². The summed E-state index contributed by atoms with van der Waals surface area (Å²) in [5, 5.41) is 10.6. The van der Waals surface area contributed by atoms with Crippen molar-refractivity contribution in [1.29, 1.82) is 0 Å². The van der Waals surface area contributed by atoms with Crippen molar-refractivity contribution in [1.82, 2.24) is 19.4 Å². The van der Waals surface area contributed by atoms with Gasteiger partial charge in [0.15, 0.2) is 0 Å². The van der Waals surface area contributed by atoms with Gasteiger partial charge >= 0.3 is 0 Å². The molecule has 0 saturated carbocycles.